The highest BCUT2D eigenvalue weighted by molar-refractivity contribution is 5.90. The van der Waals surface area contributed by atoms with Crippen LogP contribution in [0.5, 0.6) is 0 Å². The van der Waals surface area contributed by atoms with Crippen LogP contribution in [0, 0.1) is 5.92 Å². The Labute approximate surface area is 126 Å². The van der Waals surface area contributed by atoms with Gasteiger partial charge in [-0.1, -0.05) is 26.0 Å². The van der Waals surface area contributed by atoms with E-state index in [0.717, 1.165) is 5.56 Å². The summed E-state index contributed by atoms with van der Waals surface area (Å²) < 4.78 is 0. The Hall–Kier alpha value is -2.04. The van der Waals surface area contributed by atoms with Crippen LogP contribution in [0.25, 0.3) is 0 Å². The molecule has 5 heteroatoms. The fraction of sp³-hybridized carbons (Fsp3) is 0.500. The van der Waals surface area contributed by atoms with E-state index in [1.165, 1.54) is 4.90 Å². The Balaban J connectivity index is 3.04. The lowest BCUT2D eigenvalue weighted by Crippen LogP contribution is -2.48. The lowest BCUT2D eigenvalue weighted by atomic mass is 9.83. The molecule has 21 heavy (non-hydrogen) atoms. The van der Waals surface area contributed by atoms with Crippen molar-refractivity contribution in [2.45, 2.75) is 33.1 Å². The molecule has 2 amide bonds. The molecule has 1 aromatic carbocycles. The number of carbonyl (C=O) groups is 2. The van der Waals surface area contributed by atoms with E-state index in [-0.39, 0.29) is 18.4 Å². The van der Waals surface area contributed by atoms with Crippen molar-refractivity contribution in [3.05, 3.63) is 29.8 Å². The zero-order chi connectivity index (χ0) is 16.2. The number of rotatable bonds is 6. The Bertz CT molecular complexity index is 507. The largest absolute Gasteiger partial charge is 0.399 e. The van der Waals surface area contributed by atoms with Gasteiger partial charge in [0.05, 0.1) is 12.0 Å². The molecular weight excluding hydrogens is 266 g/mol. The molecule has 0 bridgehead atoms. The first-order valence-corrected chi connectivity index (χ1v) is 7.08. The van der Waals surface area contributed by atoms with Crippen LogP contribution in [-0.4, -0.2) is 29.8 Å². The molecule has 0 aliphatic carbocycles. The van der Waals surface area contributed by atoms with Crippen LogP contribution < -0.4 is 11.5 Å². The molecule has 5 nitrogen and oxygen atoms in total. The van der Waals surface area contributed by atoms with Crippen molar-refractivity contribution in [3.8, 4) is 0 Å². The van der Waals surface area contributed by atoms with Crippen LogP contribution in [-0.2, 0) is 15.0 Å². The van der Waals surface area contributed by atoms with Crippen LogP contribution in [0.4, 0.5) is 5.69 Å². The van der Waals surface area contributed by atoms with Crippen LogP contribution >= 0.6 is 0 Å². The minimum absolute atomic E-state index is 0.0601. The number of primary amides is 1. The standard InChI is InChI=1S/C16H25N3O2/c1-11(2)9-19(10-14(18)20)15(21)16(3,4)12-5-7-13(17)8-6-12/h5-8,11H,9-10,17H2,1-4H3,(H2,18,20). The molecule has 0 fully saturated rings. The lowest BCUT2D eigenvalue weighted by molar-refractivity contribution is -0.140. The summed E-state index contributed by atoms with van der Waals surface area (Å²) in [4.78, 5) is 25.6. The van der Waals surface area contributed by atoms with E-state index in [1.807, 2.05) is 39.8 Å². The molecule has 0 radical (unpaired) electrons. The van der Waals surface area contributed by atoms with E-state index in [1.54, 1.807) is 12.1 Å². The molecule has 0 aliphatic rings. The van der Waals surface area contributed by atoms with Crippen molar-refractivity contribution in [1.29, 1.82) is 0 Å². The summed E-state index contributed by atoms with van der Waals surface area (Å²) in [6.07, 6.45) is 0. The van der Waals surface area contributed by atoms with Gasteiger partial charge in [0.1, 0.15) is 0 Å². The third kappa shape index (κ3) is 4.48. The molecule has 1 aromatic rings. The number of anilines is 1. The smallest absolute Gasteiger partial charge is 0.237 e. The van der Waals surface area contributed by atoms with Gasteiger partial charge in [0.15, 0.2) is 0 Å². The average molecular weight is 291 g/mol. The SMILES string of the molecule is CC(C)CN(CC(N)=O)C(=O)C(C)(C)c1ccc(N)cc1. The molecule has 0 aliphatic heterocycles. The molecule has 0 aromatic heterocycles. The van der Waals surface area contributed by atoms with E-state index in [0.29, 0.717) is 12.2 Å². The van der Waals surface area contributed by atoms with Crippen molar-refractivity contribution < 1.29 is 9.59 Å². The summed E-state index contributed by atoms with van der Waals surface area (Å²) in [6, 6.07) is 7.21. The summed E-state index contributed by atoms with van der Waals surface area (Å²) in [5, 5.41) is 0. The second-order valence-electron chi connectivity index (χ2n) is 6.29. The zero-order valence-corrected chi connectivity index (χ0v) is 13.2. The molecule has 0 saturated heterocycles. The topological polar surface area (TPSA) is 89.4 Å². The fourth-order valence-electron chi connectivity index (χ4n) is 2.27. The van der Waals surface area contributed by atoms with Crippen LogP contribution in [0.2, 0.25) is 0 Å². The minimum Gasteiger partial charge on any atom is -0.399 e. The number of hydrogen-bond acceptors (Lipinski definition) is 3. The molecular formula is C16H25N3O2. The normalized spacial score (nSPS) is 11.5. The predicted octanol–water partition coefficient (Wildman–Crippen LogP) is 1.52. The van der Waals surface area contributed by atoms with E-state index in [9.17, 15) is 9.59 Å². The van der Waals surface area contributed by atoms with Gasteiger partial charge in [-0.3, -0.25) is 9.59 Å². The number of amides is 2. The number of nitrogen functional groups attached to an aromatic ring is 1. The van der Waals surface area contributed by atoms with Crippen molar-refractivity contribution in [3.63, 3.8) is 0 Å². The molecule has 0 spiro atoms. The van der Waals surface area contributed by atoms with Crippen LogP contribution in [0.1, 0.15) is 33.3 Å². The number of benzene rings is 1. The van der Waals surface area contributed by atoms with E-state index in [4.69, 9.17) is 11.5 Å². The first-order chi connectivity index (χ1) is 9.64. The number of nitrogens with zero attached hydrogens (tertiary/aromatic N) is 1. The first-order valence-electron chi connectivity index (χ1n) is 7.08. The highest BCUT2D eigenvalue weighted by Crippen LogP contribution is 2.27. The highest BCUT2D eigenvalue weighted by Gasteiger charge is 2.34. The van der Waals surface area contributed by atoms with Gasteiger partial charge in [0, 0.05) is 12.2 Å². The van der Waals surface area contributed by atoms with Gasteiger partial charge < -0.3 is 16.4 Å². The monoisotopic (exact) mass is 291 g/mol. The second-order valence-corrected chi connectivity index (χ2v) is 6.29. The van der Waals surface area contributed by atoms with Gasteiger partial charge in [0.25, 0.3) is 0 Å². The lowest BCUT2D eigenvalue weighted by Gasteiger charge is -2.32. The van der Waals surface area contributed by atoms with Gasteiger partial charge in [-0.2, -0.15) is 0 Å². The molecule has 0 heterocycles. The maximum atomic E-state index is 12.8. The van der Waals surface area contributed by atoms with Crippen LogP contribution in [0.3, 0.4) is 0 Å². The maximum absolute atomic E-state index is 12.8. The highest BCUT2D eigenvalue weighted by atomic mass is 16.2. The first kappa shape index (κ1) is 17.0. The predicted molar refractivity (Wildman–Crippen MR) is 84.5 cm³/mol. The Morgan fingerprint density at radius 3 is 2.14 bits per heavy atom. The Morgan fingerprint density at radius 2 is 1.71 bits per heavy atom. The van der Waals surface area contributed by atoms with Crippen molar-refractivity contribution in [2.24, 2.45) is 11.7 Å². The van der Waals surface area contributed by atoms with Crippen molar-refractivity contribution in [2.75, 3.05) is 18.8 Å². The number of hydrogen-bond donors (Lipinski definition) is 2. The van der Waals surface area contributed by atoms with Gasteiger partial charge in [0.2, 0.25) is 11.8 Å². The zero-order valence-electron chi connectivity index (χ0n) is 13.2. The number of nitrogens with two attached hydrogens (primary N) is 2. The van der Waals surface area contributed by atoms with Gasteiger partial charge >= 0.3 is 0 Å². The minimum atomic E-state index is -0.738. The summed E-state index contributed by atoms with van der Waals surface area (Å²) in [6.45, 7) is 8.12. The average Bonchev–Trinajstić information content (AvgIpc) is 2.36. The summed E-state index contributed by atoms with van der Waals surface area (Å²) in [5.74, 6) is -0.354. The van der Waals surface area contributed by atoms with Gasteiger partial charge in [-0.05, 0) is 37.5 Å². The van der Waals surface area contributed by atoms with E-state index < -0.39 is 11.3 Å². The van der Waals surface area contributed by atoms with Crippen LogP contribution in [0.15, 0.2) is 24.3 Å². The van der Waals surface area contributed by atoms with Gasteiger partial charge in [-0.25, -0.2) is 0 Å². The Morgan fingerprint density at radius 1 is 1.19 bits per heavy atom. The third-order valence-electron chi connectivity index (χ3n) is 3.39. The van der Waals surface area contributed by atoms with E-state index >= 15 is 0 Å². The summed E-state index contributed by atoms with van der Waals surface area (Å²) in [7, 11) is 0. The van der Waals surface area contributed by atoms with Gasteiger partial charge in [-0.15, -0.1) is 0 Å². The molecule has 0 unspecified atom stereocenters. The third-order valence-corrected chi connectivity index (χ3v) is 3.39. The molecule has 4 N–H and O–H groups in total. The molecule has 0 atom stereocenters. The maximum Gasteiger partial charge on any atom is 0.237 e. The van der Waals surface area contributed by atoms with E-state index in [2.05, 4.69) is 0 Å². The summed E-state index contributed by atoms with van der Waals surface area (Å²) in [5.41, 5.74) is 11.7. The molecule has 0 saturated carbocycles. The molecule has 116 valence electrons. The van der Waals surface area contributed by atoms with Crippen molar-refractivity contribution >= 4 is 17.5 Å². The fourth-order valence-corrected chi connectivity index (χ4v) is 2.27. The van der Waals surface area contributed by atoms with Crippen molar-refractivity contribution in [1.82, 2.24) is 4.90 Å². The summed E-state index contributed by atoms with van der Waals surface area (Å²) >= 11 is 0. The second kappa shape index (κ2) is 6.61. The quantitative estimate of drug-likeness (QED) is 0.779. The Kier molecular flexibility index (Phi) is 5.35. The molecule has 1 rings (SSSR count). The number of carbonyl (C=O) groups excluding carboxylic acids is 2.